The third-order valence-corrected chi connectivity index (χ3v) is 5.50. The van der Waals surface area contributed by atoms with Gasteiger partial charge in [-0.25, -0.2) is 0 Å². The summed E-state index contributed by atoms with van der Waals surface area (Å²) in [6, 6.07) is -0.568. The summed E-state index contributed by atoms with van der Waals surface area (Å²) in [7, 11) is 0. The maximum absolute atomic E-state index is 12.0. The van der Waals surface area contributed by atoms with Gasteiger partial charge in [-0.05, 0) is 32.1 Å². The Bertz CT molecular complexity index is 396. The number of hydrogen-bond acceptors (Lipinski definition) is 3. The molecule has 0 aliphatic carbocycles. The molecule has 4 heteroatoms. The van der Waals surface area contributed by atoms with Crippen molar-refractivity contribution in [3.63, 3.8) is 0 Å². The summed E-state index contributed by atoms with van der Waals surface area (Å²) < 4.78 is 0.357. The standard InChI is InChI=1S/C23H45NO3/c1-5-9-12-13-17-21(25)20-24(18-14-10-6-2,19-15-11-7-3)22(16-8-4)23(26)27/h20,22H,5-19H2,1-4H3,(H-,25,26,27)/b21-20-. The second kappa shape index (κ2) is 16.0. The SMILES string of the molecule is CCCCCC/C(O)=C/[N+](CCCCC)(CCCCC)C(CCC)C(=O)[O-]. The Morgan fingerprint density at radius 1 is 0.852 bits per heavy atom. The fourth-order valence-corrected chi connectivity index (χ4v) is 3.91. The van der Waals surface area contributed by atoms with E-state index in [0.717, 1.165) is 70.9 Å². The summed E-state index contributed by atoms with van der Waals surface area (Å²) in [6.45, 7) is 10.1. The Kier molecular flexibility index (Phi) is 15.4. The first-order valence-electron chi connectivity index (χ1n) is 11.4. The van der Waals surface area contributed by atoms with E-state index in [1.807, 2.05) is 13.1 Å². The third-order valence-electron chi connectivity index (χ3n) is 5.50. The Balaban J connectivity index is 5.58. The van der Waals surface area contributed by atoms with Gasteiger partial charge in [-0.3, -0.25) is 4.48 Å². The Hall–Kier alpha value is -1.03. The predicted molar refractivity (Wildman–Crippen MR) is 112 cm³/mol. The molecule has 0 aliphatic heterocycles. The van der Waals surface area contributed by atoms with Crippen LogP contribution in [0.4, 0.5) is 0 Å². The van der Waals surface area contributed by atoms with E-state index in [1.165, 1.54) is 12.8 Å². The molecule has 0 spiro atoms. The maximum Gasteiger partial charge on any atom is 0.145 e. The largest absolute Gasteiger partial charge is 0.544 e. The molecule has 0 bridgehead atoms. The molecule has 0 heterocycles. The van der Waals surface area contributed by atoms with Crippen LogP contribution >= 0.6 is 0 Å². The number of allylic oxidation sites excluding steroid dienone is 1. The average Bonchev–Trinajstić information content (AvgIpc) is 2.63. The van der Waals surface area contributed by atoms with Crippen LogP contribution in [0.1, 0.15) is 111 Å². The van der Waals surface area contributed by atoms with Crippen molar-refractivity contribution >= 4 is 5.97 Å². The van der Waals surface area contributed by atoms with Crippen molar-refractivity contribution in [2.75, 3.05) is 13.1 Å². The molecule has 0 aliphatic rings. The molecule has 0 saturated heterocycles. The van der Waals surface area contributed by atoms with Crippen molar-refractivity contribution in [3.05, 3.63) is 12.0 Å². The molecule has 0 fully saturated rings. The average molecular weight is 384 g/mol. The van der Waals surface area contributed by atoms with E-state index in [4.69, 9.17) is 0 Å². The lowest BCUT2D eigenvalue weighted by molar-refractivity contribution is -0.899. The Morgan fingerprint density at radius 3 is 1.81 bits per heavy atom. The summed E-state index contributed by atoms with van der Waals surface area (Å²) in [5.41, 5.74) is 0. The van der Waals surface area contributed by atoms with Crippen molar-refractivity contribution < 1.29 is 19.5 Å². The summed E-state index contributed by atoms with van der Waals surface area (Å²) in [6.07, 6.45) is 14.7. The molecule has 0 aromatic heterocycles. The molecule has 1 N–H and O–H groups in total. The highest BCUT2D eigenvalue weighted by Gasteiger charge is 2.36. The number of quaternary nitrogens is 1. The number of unbranched alkanes of at least 4 members (excludes halogenated alkanes) is 7. The zero-order chi connectivity index (χ0) is 20.5. The fraction of sp³-hybridized carbons (Fsp3) is 0.870. The minimum Gasteiger partial charge on any atom is -0.544 e. The topological polar surface area (TPSA) is 60.4 Å². The number of aliphatic hydroxyl groups is 1. The number of carbonyl (C=O) groups excluding carboxylic acids is 1. The van der Waals surface area contributed by atoms with Crippen LogP contribution in [0.2, 0.25) is 0 Å². The van der Waals surface area contributed by atoms with Gasteiger partial charge < -0.3 is 15.0 Å². The number of carboxylic acids is 1. The van der Waals surface area contributed by atoms with Crippen LogP contribution in [0.3, 0.4) is 0 Å². The highest BCUT2D eigenvalue weighted by molar-refractivity contribution is 5.69. The lowest BCUT2D eigenvalue weighted by Gasteiger charge is -2.43. The molecule has 160 valence electrons. The molecule has 0 saturated carbocycles. The van der Waals surface area contributed by atoms with E-state index < -0.39 is 12.0 Å². The first-order chi connectivity index (χ1) is 13.0. The quantitative estimate of drug-likeness (QED) is 0.194. The van der Waals surface area contributed by atoms with E-state index in [-0.39, 0.29) is 0 Å². The van der Waals surface area contributed by atoms with Crippen LogP contribution in [-0.4, -0.2) is 34.7 Å². The molecule has 0 rings (SSSR count). The molecule has 4 nitrogen and oxygen atoms in total. The van der Waals surface area contributed by atoms with Gasteiger partial charge in [0, 0.05) is 12.8 Å². The first kappa shape index (κ1) is 26.0. The van der Waals surface area contributed by atoms with Crippen molar-refractivity contribution in [2.45, 2.75) is 117 Å². The molecule has 1 unspecified atom stereocenters. The lowest BCUT2D eigenvalue weighted by Crippen LogP contribution is -2.59. The van der Waals surface area contributed by atoms with Gasteiger partial charge in [0.1, 0.15) is 18.0 Å². The Morgan fingerprint density at radius 2 is 1.37 bits per heavy atom. The molecule has 0 aromatic rings. The van der Waals surface area contributed by atoms with E-state index >= 15 is 0 Å². The summed E-state index contributed by atoms with van der Waals surface area (Å²) in [4.78, 5) is 12.0. The first-order valence-corrected chi connectivity index (χ1v) is 11.4. The number of nitrogens with zero attached hydrogens (tertiary/aromatic N) is 1. The zero-order valence-corrected chi connectivity index (χ0v) is 18.5. The van der Waals surface area contributed by atoms with Crippen LogP contribution in [0.25, 0.3) is 0 Å². The van der Waals surface area contributed by atoms with Gasteiger partial charge in [-0.1, -0.05) is 66.2 Å². The third kappa shape index (κ3) is 10.8. The Labute approximate surface area is 168 Å². The van der Waals surface area contributed by atoms with Gasteiger partial charge in [0.25, 0.3) is 0 Å². The monoisotopic (exact) mass is 383 g/mol. The van der Waals surface area contributed by atoms with Crippen LogP contribution < -0.4 is 5.11 Å². The van der Waals surface area contributed by atoms with E-state index in [1.54, 1.807) is 0 Å². The second-order valence-electron chi connectivity index (χ2n) is 8.02. The van der Waals surface area contributed by atoms with Crippen molar-refractivity contribution in [1.29, 1.82) is 0 Å². The highest BCUT2D eigenvalue weighted by Crippen LogP contribution is 2.25. The van der Waals surface area contributed by atoms with E-state index in [9.17, 15) is 15.0 Å². The van der Waals surface area contributed by atoms with E-state index in [2.05, 4.69) is 20.8 Å². The van der Waals surface area contributed by atoms with Gasteiger partial charge in [0.15, 0.2) is 0 Å². The molecule has 1 atom stereocenters. The van der Waals surface area contributed by atoms with Crippen LogP contribution in [0.15, 0.2) is 12.0 Å². The number of aliphatic carboxylic acids is 1. The van der Waals surface area contributed by atoms with Crippen molar-refractivity contribution in [3.8, 4) is 0 Å². The smallest absolute Gasteiger partial charge is 0.145 e. The highest BCUT2D eigenvalue weighted by atomic mass is 16.4. The number of aliphatic hydroxyl groups excluding tert-OH is 1. The lowest BCUT2D eigenvalue weighted by atomic mass is 10.0. The summed E-state index contributed by atoms with van der Waals surface area (Å²) in [5, 5.41) is 22.7. The zero-order valence-electron chi connectivity index (χ0n) is 18.5. The van der Waals surface area contributed by atoms with Gasteiger partial charge in [0.05, 0.1) is 19.1 Å². The minimum atomic E-state index is -0.972. The number of carbonyl (C=O) groups is 1. The number of carboxylic acid groups (broad SMARTS) is 1. The maximum atomic E-state index is 12.0. The normalized spacial score (nSPS) is 13.7. The van der Waals surface area contributed by atoms with Gasteiger partial charge in [0.2, 0.25) is 0 Å². The number of hydrogen-bond donors (Lipinski definition) is 1. The van der Waals surface area contributed by atoms with Crippen molar-refractivity contribution in [2.24, 2.45) is 0 Å². The molecule has 27 heavy (non-hydrogen) atoms. The van der Waals surface area contributed by atoms with Crippen LogP contribution in [0, 0.1) is 0 Å². The summed E-state index contributed by atoms with van der Waals surface area (Å²) in [5.74, 6) is -0.610. The molecule has 0 amide bonds. The van der Waals surface area contributed by atoms with Crippen molar-refractivity contribution in [1.82, 2.24) is 0 Å². The molecule has 0 aromatic carbocycles. The van der Waals surface area contributed by atoms with E-state index in [0.29, 0.717) is 23.1 Å². The minimum absolute atomic E-state index is 0.357. The van der Waals surface area contributed by atoms with Gasteiger partial charge >= 0.3 is 0 Å². The fourth-order valence-electron chi connectivity index (χ4n) is 3.91. The van der Waals surface area contributed by atoms with Gasteiger partial charge in [-0.2, -0.15) is 0 Å². The van der Waals surface area contributed by atoms with Crippen LogP contribution in [0.5, 0.6) is 0 Å². The predicted octanol–water partition coefficient (Wildman–Crippen LogP) is 5.47. The molecular formula is C23H45NO3. The molecule has 0 radical (unpaired) electrons. The van der Waals surface area contributed by atoms with Gasteiger partial charge in [-0.15, -0.1) is 0 Å². The summed E-state index contributed by atoms with van der Waals surface area (Å²) >= 11 is 0. The number of rotatable bonds is 18. The van der Waals surface area contributed by atoms with Crippen LogP contribution in [-0.2, 0) is 4.79 Å². The molecular weight excluding hydrogens is 338 g/mol. The second-order valence-corrected chi connectivity index (χ2v) is 8.02.